The van der Waals surface area contributed by atoms with Crippen LogP contribution in [0, 0.1) is 0 Å². The number of para-hydroxylation sites is 1. The average Bonchev–Trinajstić information content (AvgIpc) is 2.87. The summed E-state index contributed by atoms with van der Waals surface area (Å²) >= 11 is 0. The van der Waals surface area contributed by atoms with E-state index in [0.717, 1.165) is 25.3 Å². The van der Waals surface area contributed by atoms with E-state index in [9.17, 15) is 0 Å². The van der Waals surface area contributed by atoms with Crippen LogP contribution in [0.5, 0.6) is 0 Å². The summed E-state index contributed by atoms with van der Waals surface area (Å²) in [6.07, 6.45) is 4.16. The lowest BCUT2D eigenvalue weighted by Gasteiger charge is -2.07. The largest absolute Gasteiger partial charge is 0.361 e. The second kappa shape index (κ2) is 6.27. The smallest absolute Gasteiger partial charge is 0.190 e. The molecule has 0 aliphatic rings. The molecule has 0 saturated heterocycles. The molecule has 0 aliphatic carbocycles. The van der Waals surface area contributed by atoms with Gasteiger partial charge in [-0.25, -0.2) is 0 Å². The van der Waals surface area contributed by atoms with E-state index in [2.05, 4.69) is 51.9 Å². The zero-order chi connectivity index (χ0) is 13.7. The van der Waals surface area contributed by atoms with Crippen LogP contribution >= 0.6 is 0 Å². The number of aliphatic imine (C=N–C) groups is 1. The highest BCUT2D eigenvalue weighted by molar-refractivity contribution is 5.86. The molecule has 0 radical (unpaired) electrons. The number of nitrogens with zero attached hydrogens (tertiary/aromatic N) is 1. The Labute approximate surface area is 114 Å². The van der Waals surface area contributed by atoms with Crippen molar-refractivity contribution in [1.29, 1.82) is 0 Å². The fourth-order valence-electron chi connectivity index (χ4n) is 2.37. The molecule has 19 heavy (non-hydrogen) atoms. The van der Waals surface area contributed by atoms with Crippen LogP contribution in [0.2, 0.25) is 0 Å². The molecule has 4 nitrogen and oxygen atoms in total. The number of hydrogen-bond donors (Lipinski definition) is 3. The molecule has 0 amide bonds. The van der Waals surface area contributed by atoms with Gasteiger partial charge in [0.25, 0.3) is 0 Å². The van der Waals surface area contributed by atoms with E-state index >= 15 is 0 Å². The Balaban J connectivity index is 2.10. The van der Waals surface area contributed by atoms with Gasteiger partial charge in [0.1, 0.15) is 0 Å². The first kappa shape index (κ1) is 13.5. The number of aromatic nitrogens is 1. The summed E-state index contributed by atoms with van der Waals surface area (Å²) in [4.78, 5) is 7.50. The van der Waals surface area contributed by atoms with Crippen LogP contribution in [0.4, 0.5) is 0 Å². The minimum absolute atomic E-state index is 0.828. The van der Waals surface area contributed by atoms with E-state index in [1.165, 1.54) is 22.0 Å². The Hall–Kier alpha value is -1.97. The molecule has 0 bridgehead atoms. The number of aryl methyl sites for hydroxylation is 1. The fourth-order valence-corrected chi connectivity index (χ4v) is 2.37. The van der Waals surface area contributed by atoms with Crippen LogP contribution in [0.1, 0.15) is 18.1 Å². The number of H-pyrrole nitrogens is 1. The van der Waals surface area contributed by atoms with Crippen LogP contribution in [-0.4, -0.2) is 31.6 Å². The Morgan fingerprint density at radius 1 is 1.32 bits per heavy atom. The molecule has 0 spiro atoms. The summed E-state index contributed by atoms with van der Waals surface area (Å²) in [5, 5.41) is 7.63. The van der Waals surface area contributed by atoms with Gasteiger partial charge in [-0.2, -0.15) is 0 Å². The van der Waals surface area contributed by atoms with Gasteiger partial charge in [-0.3, -0.25) is 4.99 Å². The summed E-state index contributed by atoms with van der Waals surface area (Å²) in [6.45, 7) is 3.06. The quantitative estimate of drug-likeness (QED) is 0.581. The molecule has 3 N–H and O–H groups in total. The third kappa shape index (κ3) is 2.89. The van der Waals surface area contributed by atoms with Gasteiger partial charge in [-0.05, 0) is 24.0 Å². The minimum Gasteiger partial charge on any atom is -0.361 e. The lowest BCUT2D eigenvalue weighted by molar-refractivity contribution is 0.837. The normalized spacial score (nSPS) is 11.8. The lowest BCUT2D eigenvalue weighted by Crippen LogP contribution is -2.35. The number of fused-ring (bicyclic) bond motifs is 1. The van der Waals surface area contributed by atoms with Gasteiger partial charge >= 0.3 is 0 Å². The van der Waals surface area contributed by atoms with Crippen LogP contribution in [0.3, 0.4) is 0 Å². The second-order valence-electron chi connectivity index (χ2n) is 4.51. The standard InChI is InChI=1S/C15H22N4/c1-4-11-6-5-7-13-12(10-19-14(11)13)8-9-18-15(16-2)17-3/h5-7,10,19H,4,8-9H2,1-3H3,(H2,16,17,18). The molecule has 4 heteroatoms. The predicted molar refractivity (Wildman–Crippen MR) is 81.8 cm³/mol. The summed E-state index contributed by atoms with van der Waals surface area (Å²) in [5.74, 6) is 0.828. The number of rotatable bonds is 4. The van der Waals surface area contributed by atoms with Crippen LogP contribution < -0.4 is 10.6 Å². The number of benzene rings is 1. The van der Waals surface area contributed by atoms with Crippen LogP contribution in [0.15, 0.2) is 29.4 Å². The van der Waals surface area contributed by atoms with Crippen molar-refractivity contribution in [3.8, 4) is 0 Å². The third-order valence-electron chi connectivity index (χ3n) is 3.42. The molecule has 0 fully saturated rings. The van der Waals surface area contributed by atoms with E-state index in [0.29, 0.717) is 0 Å². The molecule has 0 aliphatic heterocycles. The molecule has 0 unspecified atom stereocenters. The zero-order valence-electron chi connectivity index (χ0n) is 11.9. The maximum absolute atomic E-state index is 4.10. The molecule has 2 aromatic rings. The van der Waals surface area contributed by atoms with Gasteiger partial charge in [-0.15, -0.1) is 0 Å². The zero-order valence-corrected chi connectivity index (χ0v) is 11.9. The third-order valence-corrected chi connectivity index (χ3v) is 3.42. The van der Waals surface area contributed by atoms with E-state index in [4.69, 9.17) is 0 Å². The number of nitrogens with one attached hydrogen (secondary N) is 3. The van der Waals surface area contributed by atoms with Gasteiger partial charge in [-0.1, -0.05) is 25.1 Å². The number of hydrogen-bond acceptors (Lipinski definition) is 1. The average molecular weight is 258 g/mol. The monoisotopic (exact) mass is 258 g/mol. The van der Waals surface area contributed by atoms with E-state index in [-0.39, 0.29) is 0 Å². The summed E-state index contributed by atoms with van der Waals surface area (Å²) in [6, 6.07) is 6.51. The van der Waals surface area contributed by atoms with Crippen molar-refractivity contribution in [2.75, 3.05) is 20.6 Å². The van der Waals surface area contributed by atoms with E-state index in [1.54, 1.807) is 7.05 Å². The second-order valence-corrected chi connectivity index (χ2v) is 4.51. The van der Waals surface area contributed by atoms with E-state index in [1.807, 2.05) is 7.05 Å². The molecular formula is C15H22N4. The first-order valence-electron chi connectivity index (χ1n) is 6.76. The summed E-state index contributed by atoms with van der Waals surface area (Å²) in [7, 11) is 3.65. The van der Waals surface area contributed by atoms with Crippen molar-refractivity contribution < 1.29 is 0 Å². The molecule has 1 aromatic carbocycles. The van der Waals surface area contributed by atoms with Crippen molar-refractivity contribution in [1.82, 2.24) is 15.6 Å². The molecule has 102 valence electrons. The van der Waals surface area contributed by atoms with Crippen molar-refractivity contribution >= 4 is 16.9 Å². The SMILES string of the molecule is CCc1cccc2c(CCNC(=NC)NC)c[nH]c12. The van der Waals surface area contributed by atoms with Gasteiger partial charge < -0.3 is 15.6 Å². The van der Waals surface area contributed by atoms with Crippen molar-refractivity contribution in [3.63, 3.8) is 0 Å². The topological polar surface area (TPSA) is 52.2 Å². The van der Waals surface area contributed by atoms with Gasteiger partial charge in [0.05, 0.1) is 0 Å². The van der Waals surface area contributed by atoms with E-state index < -0.39 is 0 Å². The van der Waals surface area contributed by atoms with Crippen molar-refractivity contribution in [2.45, 2.75) is 19.8 Å². The van der Waals surface area contributed by atoms with Gasteiger partial charge in [0, 0.05) is 37.7 Å². The highest BCUT2D eigenvalue weighted by Crippen LogP contribution is 2.22. The van der Waals surface area contributed by atoms with Gasteiger partial charge in [0.2, 0.25) is 0 Å². The number of guanidine groups is 1. The highest BCUT2D eigenvalue weighted by Gasteiger charge is 2.06. The van der Waals surface area contributed by atoms with Crippen molar-refractivity contribution in [3.05, 3.63) is 35.5 Å². The molecular weight excluding hydrogens is 236 g/mol. The first-order chi connectivity index (χ1) is 9.30. The Morgan fingerprint density at radius 2 is 2.16 bits per heavy atom. The maximum atomic E-state index is 4.10. The van der Waals surface area contributed by atoms with Crippen LogP contribution in [-0.2, 0) is 12.8 Å². The Morgan fingerprint density at radius 3 is 2.84 bits per heavy atom. The predicted octanol–water partition coefficient (Wildman–Crippen LogP) is 2.07. The van der Waals surface area contributed by atoms with Gasteiger partial charge in [0.15, 0.2) is 5.96 Å². The summed E-state index contributed by atoms with van der Waals surface area (Å²) < 4.78 is 0. The maximum Gasteiger partial charge on any atom is 0.190 e. The highest BCUT2D eigenvalue weighted by atomic mass is 15.1. The Bertz CT molecular complexity index is 569. The molecule has 2 rings (SSSR count). The van der Waals surface area contributed by atoms with Crippen molar-refractivity contribution in [2.24, 2.45) is 4.99 Å². The molecule has 0 saturated carbocycles. The molecule has 1 heterocycles. The molecule has 1 aromatic heterocycles. The Kier molecular flexibility index (Phi) is 4.44. The lowest BCUT2D eigenvalue weighted by atomic mass is 10.1. The molecule has 0 atom stereocenters. The first-order valence-corrected chi connectivity index (χ1v) is 6.76. The van der Waals surface area contributed by atoms with Crippen LogP contribution in [0.25, 0.3) is 10.9 Å². The number of aromatic amines is 1. The minimum atomic E-state index is 0.828. The fraction of sp³-hybridized carbons (Fsp3) is 0.400. The summed E-state index contributed by atoms with van der Waals surface area (Å²) in [5.41, 5.74) is 4.00.